The molecule has 0 aliphatic heterocycles. The van der Waals surface area contributed by atoms with Gasteiger partial charge in [0.1, 0.15) is 11.8 Å². The first-order chi connectivity index (χ1) is 19.2. The predicted molar refractivity (Wildman–Crippen MR) is 162 cm³/mol. The van der Waals surface area contributed by atoms with Crippen LogP contribution in [0.3, 0.4) is 0 Å². The van der Waals surface area contributed by atoms with Gasteiger partial charge in [-0.3, -0.25) is 9.59 Å². The number of nitrogens with one attached hydrogen (secondary N) is 1. The summed E-state index contributed by atoms with van der Waals surface area (Å²) < 4.78 is 6.15. The number of ether oxygens (including phenoxy) is 1. The van der Waals surface area contributed by atoms with Crippen molar-refractivity contribution in [2.24, 2.45) is 0 Å². The molecule has 1 aliphatic carbocycles. The zero-order valence-electron chi connectivity index (χ0n) is 23.9. The number of carbonyl (C=O) groups excluding carboxylic acids is 2. The maximum Gasteiger partial charge on any atom is 0.261 e. The molecule has 40 heavy (non-hydrogen) atoms. The second-order valence-corrected chi connectivity index (χ2v) is 12.1. The molecule has 0 bridgehead atoms. The van der Waals surface area contributed by atoms with E-state index in [1.807, 2.05) is 78.9 Å². The lowest BCUT2D eigenvalue weighted by Gasteiger charge is -2.33. The second kappa shape index (κ2) is 13.8. The molecule has 0 radical (unpaired) electrons. The molecule has 1 N–H and O–H groups in total. The fraction of sp³-hybridized carbons (Fsp3) is 0.412. The van der Waals surface area contributed by atoms with Gasteiger partial charge >= 0.3 is 0 Å². The predicted octanol–water partition coefficient (Wildman–Crippen LogP) is 7.11. The highest BCUT2D eigenvalue weighted by Gasteiger charge is 2.33. The zero-order valence-corrected chi connectivity index (χ0v) is 24.6. The highest BCUT2D eigenvalue weighted by atomic mass is 35.5. The summed E-state index contributed by atoms with van der Waals surface area (Å²) in [5, 5.41) is 3.83. The van der Waals surface area contributed by atoms with Crippen molar-refractivity contribution >= 4 is 23.4 Å². The van der Waals surface area contributed by atoms with Gasteiger partial charge in [0.15, 0.2) is 6.61 Å². The van der Waals surface area contributed by atoms with Crippen molar-refractivity contribution in [3.05, 3.63) is 101 Å². The molecule has 0 saturated heterocycles. The third-order valence-corrected chi connectivity index (χ3v) is 7.94. The Bertz CT molecular complexity index is 1270. The molecule has 1 saturated carbocycles. The fourth-order valence-electron chi connectivity index (χ4n) is 5.34. The van der Waals surface area contributed by atoms with E-state index in [2.05, 4.69) is 26.1 Å². The van der Waals surface area contributed by atoms with E-state index in [0.717, 1.165) is 42.4 Å². The molecular formula is C34H41ClN2O3. The minimum Gasteiger partial charge on any atom is -0.483 e. The minimum absolute atomic E-state index is 0.131. The van der Waals surface area contributed by atoms with Gasteiger partial charge in [-0.05, 0) is 47.1 Å². The molecule has 212 valence electrons. The Labute approximate surface area is 243 Å². The average Bonchev–Trinajstić information content (AvgIpc) is 2.95. The third kappa shape index (κ3) is 8.11. The summed E-state index contributed by atoms with van der Waals surface area (Å²) in [5.74, 6) is 0.280. The number of hydrogen-bond donors (Lipinski definition) is 1. The number of para-hydroxylation sites is 1. The lowest BCUT2D eigenvalue weighted by atomic mass is 9.86. The van der Waals surface area contributed by atoms with E-state index in [1.165, 1.54) is 6.42 Å². The highest BCUT2D eigenvalue weighted by molar-refractivity contribution is 6.31. The first-order valence-electron chi connectivity index (χ1n) is 14.3. The van der Waals surface area contributed by atoms with Gasteiger partial charge < -0.3 is 15.0 Å². The number of halogens is 1. The molecule has 4 rings (SSSR count). The molecule has 1 aliphatic rings. The summed E-state index contributed by atoms with van der Waals surface area (Å²) in [5.41, 5.74) is 2.65. The first kappa shape index (κ1) is 29.7. The SMILES string of the molecule is CC(C)(C)c1ccccc1OCC(=O)N(Cc1ccccc1Cl)[C@H](Cc1ccccc1)C(=O)NC1CCCCC1. The molecule has 3 aromatic carbocycles. The molecule has 2 amide bonds. The van der Waals surface area contributed by atoms with Gasteiger partial charge in [0.2, 0.25) is 5.91 Å². The number of amides is 2. The van der Waals surface area contributed by atoms with Crippen molar-refractivity contribution in [3.8, 4) is 5.75 Å². The largest absolute Gasteiger partial charge is 0.483 e. The van der Waals surface area contributed by atoms with Crippen LogP contribution >= 0.6 is 11.6 Å². The van der Waals surface area contributed by atoms with Crippen LogP contribution in [0.25, 0.3) is 0 Å². The van der Waals surface area contributed by atoms with Gasteiger partial charge in [0.05, 0.1) is 0 Å². The monoisotopic (exact) mass is 560 g/mol. The normalized spacial score (nSPS) is 14.8. The molecule has 1 atom stereocenters. The minimum atomic E-state index is -0.713. The molecule has 0 spiro atoms. The Morgan fingerprint density at radius 3 is 2.27 bits per heavy atom. The van der Waals surface area contributed by atoms with Crippen molar-refractivity contribution in [3.63, 3.8) is 0 Å². The molecule has 0 heterocycles. The van der Waals surface area contributed by atoms with Gasteiger partial charge in [0, 0.05) is 24.0 Å². The van der Waals surface area contributed by atoms with Crippen LogP contribution in [-0.4, -0.2) is 35.4 Å². The lowest BCUT2D eigenvalue weighted by molar-refractivity contribution is -0.143. The zero-order chi connectivity index (χ0) is 28.5. The third-order valence-electron chi connectivity index (χ3n) is 7.57. The number of hydrogen-bond acceptors (Lipinski definition) is 3. The fourth-order valence-corrected chi connectivity index (χ4v) is 5.54. The van der Waals surface area contributed by atoms with Crippen LogP contribution in [-0.2, 0) is 28.0 Å². The summed E-state index contributed by atoms with van der Waals surface area (Å²) in [7, 11) is 0. The Balaban J connectivity index is 1.64. The Morgan fingerprint density at radius 1 is 0.925 bits per heavy atom. The number of nitrogens with zero attached hydrogens (tertiary/aromatic N) is 1. The maximum atomic E-state index is 14.0. The molecule has 0 aromatic heterocycles. The average molecular weight is 561 g/mol. The van der Waals surface area contributed by atoms with Crippen LogP contribution in [0.5, 0.6) is 5.75 Å². The topological polar surface area (TPSA) is 58.6 Å². The van der Waals surface area contributed by atoms with E-state index in [1.54, 1.807) is 4.90 Å². The van der Waals surface area contributed by atoms with E-state index in [4.69, 9.17) is 16.3 Å². The number of rotatable bonds is 10. The Kier molecular flexibility index (Phi) is 10.3. The van der Waals surface area contributed by atoms with E-state index in [0.29, 0.717) is 17.2 Å². The smallest absolute Gasteiger partial charge is 0.261 e. The van der Waals surface area contributed by atoms with Gasteiger partial charge in [-0.25, -0.2) is 0 Å². The quantitative estimate of drug-likeness (QED) is 0.287. The van der Waals surface area contributed by atoms with Crippen molar-refractivity contribution in [2.45, 2.75) is 83.3 Å². The molecular weight excluding hydrogens is 520 g/mol. The standard InChI is InChI=1S/C34H41ClN2O3/c1-34(2,3)28-19-11-13-21-31(28)40-24-32(38)37(23-26-16-10-12-20-29(26)35)30(22-25-14-6-4-7-15-25)33(39)36-27-17-8-5-9-18-27/h4,6-7,10-16,19-21,27,30H,5,8-9,17-18,22-24H2,1-3H3,(H,36,39)/t30-/m1/s1. The van der Waals surface area contributed by atoms with Crippen LogP contribution in [0.1, 0.15) is 69.6 Å². The summed E-state index contributed by atoms with van der Waals surface area (Å²) in [6.45, 7) is 6.38. The van der Waals surface area contributed by atoms with Crippen LogP contribution in [0, 0.1) is 0 Å². The van der Waals surface area contributed by atoms with Crippen LogP contribution in [0.4, 0.5) is 0 Å². The molecule has 0 unspecified atom stereocenters. The molecule has 5 nitrogen and oxygen atoms in total. The number of benzene rings is 3. The van der Waals surface area contributed by atoms with E-state index in [-0.39, 0.29) is 36.4 Å². The highest BCUT2D eigenvalue weighted by Crippen LogP contribution is 2.31. The van der Waals surface area contributed by atoms with Crippen molar-refractivity contribution in [2.75, 3.05) is 6.61 Å². The summed E-state index contributed by atoms with van der Waals surface area (Å²) in [4.78, 5) is 29.6. The molecule has 6 heteroatoms. The van der Waals surface area contributed by atoms with Crippen molar-refractivity contribution in [1.29, 1.82) is 0 Å². The maximum absolute atomic E-state index is 14.0. The summed E-state index contributed by atoms with van der Waals surface area (Å²) >= 11 is 6.55. The first-order valence-corrected chi connectivity index (χ1v) is 14.7. The Morgan fingerprint density at radius 2 is 1.57 bits per heavy atom. The van der Waals surface area contributed by atoms with Crippen molar-refractivity contribution in [1.82, 2.24) is 10.2 Å². The van der Waals surface area contributed by atoms with Gasteiger partial charge in [-0.15, -0.1) is 0 Å². The van der Waals surface area contributed by atoms with Crippen molar-refractivity contribution < 1.29 is 14.3 Å². The molecule has 3 aromatic rings. The lowest BCUT2D eigenvalue weighted by Crippen LogP contribution is -2.53. The van der Waals surface area contributed by atoms with E-state index >= 15 is 0 Å². The van der Waals surface area contributed by atoms with Crippen LogP contribution in [0.15, 0.2) is 78.9 Å². The van der Waals surface area contributed by atoms with Crippen LogP contribution < -0.4 is 10.1 Å². The van der Waals surface area contributed by atoms with Gasteiger partial charge in [-0.2, -0.15) is 0 Å². The van der Waals surface area contributed by atoms with Gasteiger partial charge in [-0.1, -0.05) is 118 Å². The Hall–Kier alpha value is -3.31. The summed E-state index contributed by atoms with van der Waals surface area (Å²) in [6.07, 6.45) is 5.75. The van der Waals surface area contributed by atoms with E-state index < -0.39 is 6.04 Å². The summed E-state index contributed by atoms with van der Waals surface area (Å²) in [6, 6.07) is 24.5. The second-order valence-electron chi connectivity index (χ2n) is 11.7. The molecule has 1 fully saturated rings. The number of carbonyl (C=O) groups is 2. The van der Waals surface area contributed by atoms with Crippen LogP contribution in [0.2, 0.25) is 5.02 Å². The van der Waals surface area contributed by atoms with E-state index in [9.17, 15) is 9.59 Å². The van der Waals surface area contributed by atoms with Gasteiger partial charge in [0.25, 0.3) is 5.91 Å².